The van der Waals surface area contributed by atoms with E-state index in [0.29, 0.717) is 11.3 Å². The molecule has 0 aromatic heterocycles. The highest BCUT2D eigenvalue weighted by molar-refractivity contribution is 5.89. The van der Waals surface area contributed by atoms with Gasteiger partial charge < -0.3 is 9.52 Å². The van der Waals surface area contributed by atoms with Gasteiger partial charge in [0, 0.05) is 23.1 Å². The van der Waals surface area contributed by atoms with Crippen LogP contribution in [0.4, 0.5) is 0 Å². The Bertz CT molecular complexity index is 784. The summed E-state index contributed by atoms with van der Waals surface area (Å²) in [6.45, 7) is 3.90. The Balaban J connectivity index is 2.57. The van der Waals surface area contributed by atoms with Crippen molar-refractivity contribution in [3.63, 3.8) is 0 Å². The summed E-state index contributed by atoms with van der Waals surface area (Å²) in [4.78, 5) is 11.5. The van der Waals surface area contributed by atoms with Crippen LogP contribution in [-0.4, -0.2) is 5.11 Å². The summed E-state index contributed by atoms with van der Waals surface area (Å²) in [6.07, 6.45) is 0. The van der Waals surface area contributed by atoms with Crippen LogP contribution in [0.2, 0.25) is 0 Å². The van der Waals surface area contributed by atoms with E-state index in [1.165, 1.54) is 6.07 Å². The van der Waals surface area contributed by atoms with Crippen molar-refractivity contribution in [1.82, 2.24) is 0 Å². The number of benzene rings is 2. The average Bonchev–Trinajstić information content (AvgIpc) is 2.27. The van der Waals surface area contributed by atoms with Gasteiger partial charge in [0.15, 0.2) is 5.43 Å². The van der Waals surface area contributed by atoms with E-state index >= 15 is 0 Å². The van der Waals surface area contributed by atoms with Crippen molar-refractivity contribution in [3.8, 4) is 17.1 Å². The van der Waals surface area contributed by atoms with Crippen LogP contribution < -0.4 is 5.43 Å². The highest BCUT2D eigenvalue weighted by Gasteiger charge is 2.15. The highest BCUT2D eigenvalue weighted by atomic mass is 16.3. The van der Waals surface area contributed by atoms with Crippen molar-refractivity contribution in [2.75, 3.05) is 0 Å². The molecule has 0 saturated carbocycles. The second kappa shape index (κ2) is 3.60. The molecule has 1 aromatic rings. The quantitative estimate of drug-likeness (QED) is 0.614. The minimum Gasteiger partial charge on any atom is -0.508 e. The molecular formula is C15H12O3. The Morgan fingerprint density at radius 1 is 1.11 bits per heavy atom. The van der Waals surface area contributed by atoms with Crippen LogP contribution in [0.5, 0.6) is 5.75 Å². The molecule has 0 spiro atoms. The molecule has 0 saturated heterocycles. The van der Waals surface area contributed by atoms with Crippen molar-refractivity contribution >= 4 is 11.0 Å². The molecule has 1 N–H and O–H groups in total. The summed E-state index contributed by atoms with van der Waals surface area (Å²) in [5.41, 5.74) is 3.46. The number of aromatic hydroxyl groups is 1. The molecule has 0 radical (unpaired) electrons. The van der Waals surface area contributed by atoms with Gasteiger partial charge in [0.05, 0.1) is 0 Å². The van der Waals surface area contributed by atoms with Gasteiger partial charge in [-0.05, 0) is 43.2 Å². The molecule has 1 aliphatic heterocycles. The number of rotatable bonds is 0. The molecule has 0 amide bonds. The van der Waals surface area contributed by atoms with Crippen LogP contribution in [0.3, 0.4) is 0 Å². The number of phenols is 1. The fourth-order valence-electron chi connectivity index (χ4n) is 2.44. The molecule has 3 heteroatoms. The standard InChI is InChI=1S/C15H12O3/c1-8-5-11(17)7-14-15(8)9(2)12-4-3-10(16)6-13(12)18-14/h3-7,16H,1-2H3. The fraction of sp³-hybridized carbons (Fsp3) is 0.133. The topological polar surface area (TPSA) is 50.4 Å². The highest BCUT2D eigenvalue weighted by Crippen LogP contribution is 2.35. The lowest BCUT2D eigenvalue weighted by atomic mass is 9.96. The lowest BCUT2D eigenvalue weighted by molar-refractivity contribution is 0.474. The van der Waals surface area contributed by atoms with Gasteiger partial charge >= 0.3 is 0 Å². The predicted octanol–water partition coefficient (Wildman–Crippen LogP) is 3.22. The van der Waals surface area contributed by atoms with Crippen LogP contribution in [-0.2, 0) is 0 Å². The Hall–Kier alpha value is -2.29. The number of aryl methyl sites for hydroxylation is 2. The molecule has 3 nitrogen and oxygen atoms in total. The van der Waals surface area contributed by atoms with Crippen molar-refractivity contribution in [3.05, 3.63) is 51.7 Å². The summed E-state index contributed by atoms with van der Waals surface area (Å²) in [5.74, 6) is 0.718. The summed E-state index contributed by atoms with van der Waals surface area (Å²) in [5, 5.41) is 10.4. The third kappa shape index (κ3) is 1.48. The number of hydrogen-bond donors (Lipinski definition) is 1. The number of phenolic OH excluding ortho intramolecular Hbond substituents is 1. The third-order valence-corrected chi connectivity index (χ3v) is 3.24. The first kappa shape index (κ1) is 10.8. The summed E-state index contributed by atoms with van der Waals surface area (Å²) in [6, 6.07) is 8.12. The zero-order chi connectivity index (χ0) is 12.9. The second-order valence-corrected chi connectivity index (χ2v) is 4.52. The predicted molar refractivity (Wildman–Crippen MR) is 70.2 cm³/mol. The van der Waals surface area contributed by atoms with E-state index < -0.39 is 0 Å². The average molecular weight is 240 g/mol. The summed E-state index contributed by atoms with van der Waals surface area (Å²) >= 11 is 0. The van der Waals surface area contributed by atoms with E-state index in [1.807, 2.05) is 19.9 Å². The molecule has 0 bridgehead atoms. The second-order valence-electron chi connectivity index (χ2n) is 4.52. The van der Waals surface area contributed by atoms with E-state index in [1.54, 1.807) is 18.2 Å². The van der Waals surface area contributed by atoms with Gasteiger partial charge in [0.1, 0.15) is 17.1 Å². The van der Waals surface area contributed by atoms with Crippen molar-refractivity contribution in [2.45, 2.75) is 13.8 Å². The normalized spacial score (nSPS) is 11.2. The van der Waals surface area contributed by atoms with E-state index in [9.17, 15) is 9.90 Å². The van der Waals surface area contributed by atoms with Crippen molar-refractivity contribution in [1.29, 1.82) is 0 Å². The van der Waals surface area contributed by atoms with Crippen LogP contribution in [0, 0.1) is 13.8 Å². The first-order chi connectivity index (χ1) is 8.56. The minimum atomic E-state index is -0.0670. The van der Waals surface area contributed by atoms with Crippen LogP contribution >= 0.6 is 0 Å². The Morgan fingerprint density at radius 2 is 1.89 bits per heavy atom. The molecule has 18 heavy (non-hydrogen) atoms. The first-order valence-electron chi connectivity index (χ1n) is 5.73. The lowest BCUT2D eigenvalue weighted by Gasteiger charge is -2.13. The number of fused-ring (bicyclic) bond motifs is 2. The van der Waals surface area contributed by atoms with Crippen molar-refractivity contribution in [2.24, 2.45) is 0 Å². The third-order valence-electron chi connectivity index (χ3n) is 3.24. The SMILES string of the molecule is Cc1cc(=O)cc2oc3cc(O)ccc3c(C)c1-2. The van der Waals surface area contributed by atoms with Gasteiger partial charge in [0.2, 0.25) is 0 Å². The molecule has 90 valence electrons. The van der Waals surface area contributed by atoms with E-state index in [0.717, 1.165) is 22.1 Å². The Kier molecular flexibility index (Phi) is 2.17. The molecule has 2 aliphatic rings. The largest absolute Gasteiger partial charge is 0.508 e. The van der Waals surface area contributed by atoms with E-state index in [4.69, 9.17) is 4.42 Å². The zero-order valence-corrected chi connectivity index (χ0v) is 10.2. The maximum absolute atomic E-state index is 11.5. The molecule has 0 unspecified atom stereocenters. The first-order valence-corrected chi connectivity index (χ1v) is 5.73. The monoisotopic (exact) mass is 240 g/mol. The molecule has 1 aliphatic carbocycles. The van der Waals surface area contributed by atoms with Crippen LogP contribution in [0.25, 0.3) is 22.3 Å². The molecule has 1 heterocycles. The van der Waals surface area contributed by atoms with Gasteiger partial charge in [-0.3, -0.25) is 4.79 Å². The maximum Gasteiger partial charge on any atom is 0.182 e. The number of hydrogen-bond acceptors (Lipinski definition) is 3. The maximum atomic E-state index is 11.5. The van der Waals surface area contributed by atoms with Gasteiger partial charge in [-0.15, -0.1) is 0 Å². The molecule has 0 atom stereocenters. The lowest BCUT2D eigenvalue weighted by Crippen LogP contribution is -2.03. The smallest absolute Gasteiger partial charge is 0.182 e. The van der Waals surface area contributed by atoms with Crippen molar-refractivity contribution < 1.29 is 9.52 Å². The fourth-order valence-corrected chi connectivity index (χ4v) is 2.44. The van der Waals surface area contributed by atoms with Gasteiger partial charge in [-0.1, -0.05) is 0 Å². The van der Waals surface area contributed by atoms with Gasteiger partial charge in [0.25, 0.3) is 0 Å². The van der Waals surface area contributed by atoms with E-state index in [2.05, 4.69) is 0 Å². The molecule has 0 fully saturated rings. The van der Waals surface area contributed by atoms with E-state index in [-0.39, 0.29) is 11.2 Å². The van der Waals surface area contributed by atoms with Gasteiger partial charge in [-0.2, -0.15) is 0 Å². The minimum absolute atomic E-state index is 0.0670. The molecule has 3 rings (SSSR count). The molecular weight excluding hydrogens is 228 g/mol. The summed E-state index contributed by atoms with van der Waals surface area (Å²) < 4.78 is 5.71. The molecule has 1 aromatic carbocycles. The Morgan fingerprint density at radius 3 is 2.67 bits per heavy atom. The summed E-state index contributed by atoms with van der Waals surface area (Å²) in [7, 11) is 0. The van der Waals surface area contributed by atoms with Gasteiger partial charge in [-0.25, -0.2) is 0 Å². The van der Waals surface area contributed by atoms with Crippen LogP contribution in [0.15, 0.2) is 39.5 Å². The van der Waals surface area contributed by atoms with Crippen LogP contribution in [0.1, 0.15) is 11.1 Å². The zero-order valence-electron chi connectivity index (χ0n) is 10.2. The Labute approximate surface area is 104 Å².